The third-order valence-corrected chi connectivity index (χ3v) is 2.20. The molecule has 2 rings (SSSR count). The summed E-state index contributed by atoms with van der Waals surface area (Å²) in [4.78, 5) is 0. The number of aryl methyl sites for hydroxylation is 1. The molecule has 0 spiro atoms. The zero-order valence-corrected chi connectivity index (χ0v) is 10.6. The number of anilines is 1. The molecule has 0 heterocycles. The average molecular weight is 229 g/mol. The largest absolute Gasteiger partial charge is 0.457 e. The minimum Gasteiger partial charge on any atom is -0.457 e. The van der Waals surface area contributed by atoms with Crippen LogP contribution >= 0.6 is 0 Å². The summed E-state index contributed by atoms with van der Waals surface area (Å²) in [6.45, 7) is 6.02. The number of benzene rings is 2. The van der Waals surface area contributed by atoms with Gasteiger partial charge in [0.25, 0.3) is 0 Å². The maximum atomic E-state index is 5.71. The van der Waals surface area contributed by atoms with Crippen molar-refractivity contribution < 1.29 is 4.74 Å². The highest BCUT2D eigenvalue weighted by atomic mass is 16.5. The van der Waals surface area contributed by atoms with Crippen LogP contribution < -0.4 is 10.5 Å². The van der Waals surface area contributed by atoms with Crippen LogP contribution in [0.25, 0.3) is 0 Å². The van der Waals surface area contributed by atoms with Gasteiger partial charge in [-0.15, -0.1) is 0 Å². The summed E-state index contributed by atoms with van der Waals surface area (Å²) in [6, 6.07) is 15.3. The summed E-state index contributed by atoms with van der Waals surface area (Å²) in [7, 11) is 0. The Morgan fingerprint density at radius 2 is 1.47 bits per heavy atom. The summed E-state index contributed by atoms with van der Waals surface area (Å²) in [5.41, 5.74) is 7.46. The van der Waals surface area contributed by atoms with E-state index in [4.69, 9.17) is 10.5 Å². The summed E-state index contributed by atoms with van der Waals surface area (Å²) in [6.07, 6.45) is 0. The Kier molecular flexibility index (Phi) is 5.08. The zero-order chi connectivity index (χ0) is 12.7. The third-order valence-electron chi connectivity index (χ3n) is 2.20. The quantitative estimate of drug-likeness (QED) is 0.775. The van der Waals surface area contributed by atoms with E-state index in [1.54, 1.807) is 0 Å². The number of ether oxygens (including phenoxy) is 1. The fourth-order valence-electron chi connectivity index (χ4n) is 1.33. The van der Waals surface area contributed by atoms with Crippen LogP contribution in [0.2, 0.25) is 0 Å². The molecule has 0 amide bonds. The number of rotatable bonds is 2. The standard InChI is InChI=1S/C13H13NO.C2H6/c1-10-4-2-3-5-13(10)15-12-8-6-11(14)7-9-12;1-2/h2-9H,14H2,1H3;1-2H3. The molecule has 2 heteroatoms. The SMILES string of the molecule is CC.Cc1ccccc1Oc1ccc(N)cc1. The summed E-state index contributed by atoms with van der Waals surface area (Å²) in [5, 5.41) is 0. The van der Waals surface area contributed by atoms with Gasteiger partial charge in [0.1, 0.15) is 11.5 Å². The van der Waals surface area contributed by atoms with Gasteiger partial charge in [0, 0.05) is 5.69 Å². The fourth-order valence-corrected chi connectivity index (χ4v) is 1.33. The van der Waals surface area contributed by atoms with Gasteiger partial charge < -0.3 is 10.5 Å². The predicted octanol–water partition coefficient (Wildman–Crippen LogP) is 4.40. The van der Waals surface area contributed by atoms with Gasteiger partial charge in [0.15, 0.2) is 0 Å². The molecule has 0 saturated heterocycles. The van der Waals surface area contributed by atoms with E-state index < -0.39 is 0 Å². The van der Waals surface area contributed by atoms with E-state index in [-0.39, 0.29) is 0 Å². The van der Waals surface area contributed by atoms with Gasteiger partial charge in [-0.25, -0.2) is 0 Å². The summed E-state index contributed by atoms with van der Waals surface area (Å²) < 4.78 is 5.71. The first-order chi connectivity index (χ1) is 8.25. The Labute approximate surface area is 103 Å². The molecule has 0 atom stereocenters. The smallest absolute Gasteiger partial charge is 0.130 e. The van der Waals surface area contributed by atoms with Crippen LogP contribution in [0, 0.1) is 6.92 Å². The molecule has 90 valence electrons. The van der Waals surface area contributed by atoms with Gasteiger partial charge in [-0.1, -0.05) is 32.0 Å². The molecule has 2 N–H and O–H groups in total. The minimum absolute atomic E-state index is 0.743. The first kappa shape index (κ1) is 13.1. The number of nitrogens with two attached hydrogens (primary N) is 1. The Hall–Kier alpha value is -1.96. The number of hydrogen-bond donors (Lipinski definition) is 1. The molecule has 2 aromatic carbocycles. The first-order valence-corrected chi connectivity index (χ1v) is 5.85. The second-order valence-electron chi connectivity index (χ2n) is 3.44. The zero-order valence-electron chi connectivity index (χ0n) is 10.6. The van der Waals surface area contributed by atoms with E-state index >= 15 is 0 Å². The summed E-state index contributed by atoms with van der Waals surface area (Å²) in [5.74, 6) is 1.68. The fraction of sp³-hybridized carbons (Fsp3) is 0.200. The van der Waals surface area contributed by atoms with Crippen molar-refractivity contribution in [2.45, 2.75) is 20.8 Å². The molecule has 0 fully saturated rings. The Bertz CT molecular complexity index is 449. The lowest BCUT2D eigenvalue weighted by molar-refractivity contribution is 0.479. The van der Waals surface area contributed by atoms with E-state index in [1.165, 1.54) is 0 Å². The summed E-state index contributed by atoms with van der Waals surface area (Å²) >= 11 is 0. The number of hydrogen-bond acceptors (Lipinski definition) is 2. The number of nitrogen functional groups attached to an aromatic ring is 1. The molecular formula is C15H19NO. The highest BCUT2D eigenvalue weighted by molar-refractivity contribution is 5.44. The van der Waals surface area contributed by atoms with Crippen LogP contribution in [0.15, 0.2) is 48.5 Å². The van der Waals surface area contributed by atoms with Crippen LogP contribution in [0.4, 0.5) is 5.69 Å². The van der Waals surface area contributed by atoms with Crippen molar-refractivity contribution in [3.63, 3.8) is 0 Å². The molecule has 0 aliphatic rings. The second kappa shape index (κ2) is 6.59. The lowest BCUT2D eigenvalue weighted by Crippen LogP contribution is -1.88. The molecule has 0 bridgehead atoms. The monoisotopic (exact) mass is 229 g/mol. The van der Waals surface area contributed by atoms with Gasteiger partial charge in [-0.2, -0.15) is 0 Å². The van der Waals surface area contributed by atoms with Gasteiger partial charge in [0.2, 0.25) is 0 Å². The average Bonchev–Trinajstić information content (AvgIpc) is 2.37. The van der Waals surface area contributed by atoms with Crippen molar-refractivity contribution >= 4 is 5.69 Å². The Morgan fingerprint density at radius 1 is 0.882 bits per heavy atom. The molecule has 0 aliphatic carbocycles. The van der Waals surface area contributed by atoms with E-state index in [0.29, 0.717) is 0 Å². The molecule has 0 unspecified atom stereocenters. The molecular weight excluding hydrogens is 210 g/mol. The predicted molar refractivity (Wildman–Crippen MR) is 73.5 cm³/mol. The molecule has 2 aromatic rings. The van der Waals surface area contributed by atoms with Crippen LogP contribution in [0.1, 0.15) is 19.4 Å². The van der Waals surface area contributed by atoms with E-state index in [2.05, 4.69) is 0 Å². The van der Waals surface area contributed by atoms with Crippen molar-refractivity contribution in [1.29, 1.82) is 0 Å². The molecule has 17 heavy (non-hydrogen) atoms. The molecule has 0 radical (unpaired) electrons. The normalized spacial score (nSPS) is 9.12. The van der Waals surface area contributed by atoms with Crippen molar-refractivity contribution in [2.24, 2.45) is 0 Å². The number of para-hydroxylation sites is 1. The molecule has 0 saturated carbocycles. The Balaban J connectivity index is 0.000000686. The lowest BCUT2D eigenvalue weighted by atomic mass is 10.2. The van der Waals surface area contributed by atoms with E-state index in [9.17, 15) is 0 Å². The van der Waals surface area contributed by atoms with Crippen LogP contribution in [-0.4, -0.2) is 0 Å². The first-order valence-electron chi connectivity index (χ1n) is 5.85. The van der Waals surface area contributed by atoms with Crippen molar-refractivity contribution in [1.82, 2.24) is 0 Å². The van der Waals surface area contributed by atoms with Gasteiger partial charge in [0.05, 0.1) is 0 Å². The van der Waals surface area contributed by atoms with Crippen molar-refractivity contribution in [3.8, 4) is 11.5 Å². The highest BCUT2D eigenvalue weighted by Gasteiger charge is 1.99. The van der Waals surface area contributed by atoms with E-state index in [1.807, 2.05) is 69.3 Å². The molecule has 0 aromatic heterocycles. The maximum absolute atomic E-state index is 5.71. The lowest BCUT2D eigenvalue weighted by Gasteiger charge is -2.08. The minimum atomic E-state index is 0.743. The third kappa shape index (κ3) is 3.83. The topological polar surface area (TPSA) is 35.2 Å². The van der Waals surface area contributed by atoms with Gasteiger partial charge in [-0.3, -0.25) is 0 Å². The second-order valence-corrected chi connectivity index (χ2v) is 3.44. The van der Waals surface area contributed by atoms with Crippen molar-refractivity contribution in [2.75, 3.05) is 5.73 Å². The highest BCUT2D eigenvalue weighted by Crippen LogP contribution is 2.24. The van der Waals surface area contributed by atoms with Crippen LogP contribution in [0.3, 0.4) is 0 Å². The van der Waals surface area contributed by atoms with Gasteiger partial charge in [-0.05, 0) is 42.8 Å². The van der Waals surface area contributed by atoms with Crippen LogP contribution in [0.5, 0.6) is 11.5 Å². The van der Waals surface area contributed by atoms with Crippen molar-refractivity contribution in [3.05, 3.63) is 54.1 Å². The Morgan fingerprint density at radius 3 is 2.06 bits per heavy atom. The van der Waals surface area contributed by atoms with Crippen LogP contribution in [-0.2, 0) is 0 Å². The maximum Gasteiger partial charge on any atom is 0.130 e. The van der Waals surface area contributed by atoms with E-state index in [0.717, 1.165) is 22.7 Å². The molecule has 2 nitrogen and oxygen atoms in total. The van der Waals surface area contributed by atoms with Gasteiger partial charge >= 0.3 is 0 Å². The molecule has 0 aliphatic heterocycles.